The van der Waals surface area contributed by atoms with Crippen molar-refractivity contribution in [3.8, 4) is 0 Å². The first-order chi connectivity index (χ1) is 6.22. The minimum atomic E-state index is 0.0612. The molecule has 1 fully saturated rings. The van der Waals surface area contributed by atoms with Crippen LogP contribution in [-0.2, 0) is 9.53 Å². The van der Waals surface area contributed by atoms with Crippen molar-refractivity contribution in [3.05, 3.63) is 0 Å². The maximum absolute atomic E-state index is 11.0. The molecule has 0 aromatic heterocycles. The van der Waals surface area contributed by atoms with Gasteiger partial charge in [0.1, 0.15) is 0 Å². The molecule has 0 aromatic rings. The standard InChI is InChI=1S/C9H18N2O2/c1-2-11-9(12)3-4-13-8-5-7(10)6-8/h7-8H,2-6,10H2,1H3,(H,11,12). The minimum Gasteiger partial charge on any atom is -0.378 e. The van der Waals surface area contributed by atoms with Crippen LogP contribution < -0.4 is 11.1 Å². The third kappa shape index (κ3) is 3.74. The molecule has 76 valence electrons. The first-order valence-corrected chi connectivity index (χ1v) is 4.86. The van der Waals surface area contributed by atoms with Gasteiger partial charge >= 0.3 is 0 Å². The highest BCUT2D eigenvalue weighted by atomic mass is 16.5. The van der Waals surface area contributed by atoms with E-state index >= 15 is 0 Å². The molecule has 13 heavy (non-hydrogen) atoms. The minimum absolute atomic E-state index is 0.0612. The zero-order chi connectivity index (χ0) is 9.68. The molecule has 3 N–H and O–H groups in total. The fourth-order valence-electron chi connectivity index (χ4n) is 1.35. The fraction of sp³-hybridized carbons (Fsp3) is 0.889. The summed E-state index contributed by atoms with van der Waals surface area (Å²) in [5, 5.41) is 2.72. The lowest BCUT2D eigenvalue weighted by Crippen LogP contribution is -2.42. The van der Waals surface area contributed by atoms with Crippen molar-refractivity contribution in [2.24, 2.45) is 5.73 Å². The lowest BCUT2D eigenvalue weighted by atomic mass is 9.90. The zero-order valence-electron chi connectivity index (χ0n) is 8.08. The summed E-state index contributed by atoms with van der Waals surface area (Å²) in [6.07, 6.45) is 2.63. The Kier molecular flexibility index (Phi) is 4.18. The van der Waals surface area contributed by atoms with Crippen molar-refractivity contribution in [2.75, 3.05) is 13.2 Å². The predicted octanol–water partition coefficient (Wildman–Crippen LogP) is 0.0189. The highest BCUT2D eigenvalue weighted by Crippen LogP contribution is 2.20. The molecule has 0 saturated heterocycles. The molecule has 0 heterocycles. The number of rotatable bonds is 5. The molecule has 1 aliphatic rings. The highest BCUT2D eigenvalue weighted by molar-refractivity contribution is 5.75. The summed E-state index contributed by atoms with van der Waals surface area (Å²) in [5.74, 6) is 0.0612. The number of amides is 1. The van der Waals surface area contributed by atoms with Crippen molar-refractivity contribution < 1.29 is 9.53 Å². The number of hydrogen-bond acceptors (Lipinski definition) is 3. The van der Waals surface area contributed by atoms with Crippen LogP contribution in [0.3, 0.4) is 0 Å². The van der Waals surface area contributed by atoms with Gasteiger partial charge in [0.15, 0.2) is 0 Å². The van der Waals surface area contributed by atoms with Crippen LogP contribution in [0.25, 0.3) is 0 Å². The molecule has 1 rings (SSSR count). The van der Waals surface area contributed by atoms with Crippen molar-refractivity contribution >= 4 is 5.91 Å². The van der Waals surface area contributed by atoms with Crippen LogP contribution >= 0.6 is 0 Å². The Labute approximate surface area is 78.8 Å². The lowest BCUT2D eigenvalue weighted by Gasteiger charge is -2.32. The number of carbonyl (C=O) groups is 1. The van der Waals surface area contributed by atoms with E-state index in [1.165, 1.54) is 0 Å². The predicted molar refractivity (Wildman–Crippen MR) is 50.3 cm³/mol. The molecule has 0 aromatic carbocycles. The maximum atomic E-state index is 11.0. The molecule has 0 spiro atoms. The third-order valence-electron chi connectivity index (χ3n) is 2.19. The van der Waals surface area contributed by atoms with Gasteiger partial charge < -0.3 is 15.8 Å². The molecular formula is C9H18N2O2. The van der Waals surface area contributed by atoms with Gasteiger partial charge in [-0.1, -0.05) is 0 Å². The molecule has 1 aliphatic carbocycles. The molecule has 0 unspecified atom stereocenters. The van der Waals surface area contributed by atoms with Crippen molar-refractivity contribution in [3.63, 3.8) is 0 Å². The molecular weight excluding hydrogens is 168 g/mol. The van der Waals surface area contributed by atoms with Gasteiger partial charge in [0.2, 0.25) is 5.91 Å². The Morgan fingerprint density at radius 1 is 1.62 bits per heavy atom. The van der Waals surface area contributed by atoms with Crippen LogP contribution in [0.1, 0.15) is 26.2 Å². The second kappa shape index (κ2) is 5.19. The van der Waals surface area contributed by atoms with Crippen LogP contribution in [0.4, 0.5) is 0 Å². The molecule has 1 amide bonds. The zero-order valence-corrected chi connectivity index (χ0v) is 8.08. The summed E-state index contributed by atoms with van der Waals surface area (Å²) in [6, 6.07) is 0.314. The quantitative estimate of drug-likeness (QED) is 0.636. The molecule has 0 bridgehead atoms. The molecule has 0 atom stereocenters. The van der Waals surface area contributed by atoms with Gasteiger partial charge in [-0.3, -0.25) is 4.79 Å². The summed E-state index contributed by atoms with van der Waals surface area (Å²) < 4.78 is 5.42. The van der Waals surface area contributed by atoms with Crippen LogP contribution in [-0.4, -0.2) is 31.2 Å². The molecule has 4 heteroatoms. The van der Waals surface area contributed by atoms with Gasteiger partial charge in [-0.15, -0.1) is 0 Å². The highest BCUT2D eigenvalue weighted by Gasteiger charge is 2.26. The van der Waals surface area contributed by atoms with Crippen molar-refractivity contribution in [1.29, 1.82) is 0 Å². The third-order valence-corrected chi connectivity index (χ3v) is 2.19. The fourth-order valence-corrected chi connectivity index (χ4v) is 1.35. The summed E-state index contributed by atoms with van der Waals surface area (Å²) in [6.45, 7) is 3.11. The van der Waals surface area contributed by atoms with Gasteiger partial charge in [0.25, 0.3) is 0 Å². The van der Waals surface area contributed by atoms with Crippen LogP contribution in [0.2, 0.25) is 0 Å². The normalized spacial score (nSPS) is 26.6. The van der Waals surface area contributed by atoms with E-state index in [4.69, 9.17) is 10.5 Å². The van der Waals surface area contributed by atoms with E-state index in [0.29, 0.717) is 31.7 Å². The monoisotopic (exact) mass is 186 g/mol. The average molecular weight is 186 g/mol. The maximum Gasteiger partial charge on any atom is 0.222 e. The summed E-state index contributed by atoms with van der Waals surface area (Å²) >= 11 is 0. The molecule has 0 radical (unpaired) electrons. The number of hydrogen-bond donors (Lipinski definition) is 2. The van der Waals surface area contributed by atoms with E-state index in [9.17, 15) is 4.79 Å². The number of carbonyl (C=O) groups excluding carboxylic acids is 1. The van der Waals surface area contributed by atoms with E-state index in [-0.39, 0.29) is 5.91 Å². The van der Waals surface area contributed by atoms with E-state index in [2.05, 4.69) is 5.32 Å². The largest absolute Gasteiger partial charge is 0.378 e. The van der Waals surface area contributed by atoms with Gasteiger partial charge in [0.05, 0.1) is 12.7 Å². The second-order valence-electron chi connectivity index (χ2n) is 3.43. The van der Waals surface area contributed by atoms with Crippen molar-refractivity contribution in [2.45, 2.75) is 38.3 Å². The van der Waals surface area contributed by atoms with E-state index in [0.717, 1.165) is 12.8 Å². The molecule has 4 nitrogen and oxygen atoms in total. The Morgan fingerprint density at radius 2 is 2.31 bits per heavy atom. The molecule has 0 aliphatic heterocycles. The lowest BCUT2D eigenvalue weighted by molar-refractivity contribution is -0.123. The van der Waals surface area contributed by atoms with Crippen LogP contribution in [0.5, 0.6) is 0 Å². The Morgan fingerprint density at radius 3 is 2.85 bits per heavy atom. The number of nitrogens with two attached hydrogens (primary N) is 1. The van der Waals surface area contributed by atoms with E-state index in [1.54, 1.807) is 0 Å². The topological polar surface area (TPSA) is 64.3 Å². The first kappa shape index (κ1) is 10.5. The Hall–Kier alpha value is -0.610. The van der Waals surface area contributed by atoms with Crippen LogP contribution in [0.15, 0.2) is 0 Å². The number of nitrogens with one attached hydrogen (secondary N) is 1. The van der Waals surface area contributed by atoms with Gasteiger partial charge in [-0.2, -0.15) is 0 Å². The second-order valence-corrected chi connectivity index (χ2v) is 3.43. The summed E-state index contributed by atoms with van der Waals surface area (Å²) in [7, 11) is 0. The Balaban J connectivity index is 1.92. The van der Waals surface area contributed by atoms with Crippen molar-refractivity contribution in [1.82, 2.24) is 5.32 Å². The van der Waals surface area contributed by atoms with Gasteiger partial charge in [-0.25, -0.2) is 0 Å². The average Bonchev–Trinajstić information content (AvgIpc) is 2.01. The summed E-state index contributed by atoms with van der Waals surface area (Å²) in [4.78, 5) is 11.0. The van der Waals surface area contributed by atoms with Gasteiger partial charge in [0, 0.05) is 19.0 Å². The SMILES string of the molecule is CCNC(=O)CCOC1CC(N)C1. The van der Waals surface area contributed by atoms with E-state index in [1.807, 2.05) is 6.92 Å². The van der Waals surface area contributed by atoms with Crippen LogP contribution in [0, 0.1) is 0 Å². The smallest absolute Gasteiger partial charge is 0.222 e. The molecule has 1 saturated carbocycles. The summed E-state index contributed by atoms with van der Waals surface area (Å²) in [5.41, 5.74) is 5.59. The Bertz CT molecular complexity index is 167. The number of ether oxygens (including phenoxy) is 1. The first-order valence-electron chi connectivity index (χ1n) is 4.86. The van der Waals surface area contributed by atoms with Gasteiger partial charge in [-0.05, 0) is 19.8 Å². The van der Waals surface area contributed by atoms with E-state index < -0.39 is 0 Å².